The van der Waals surface area contributed by atoms with E-state index < -0.39 is 0 Å². The summed E-state index contributed by atoms with van der Waals surface area (Å²) in [6.45, 7) is 1.06. The molecule has 0 spiro atoms. The molecule has 3 heterocycles. The van der Waals surface area contributed by atoms with Gasteiger partial charge < -0.3 is 19.7 Å². The number of urea groups is 1. The average Bonchev–Trinajstić information content (AvgIpc) is 3.37. The zero-order chi connectivity index (χ0) is 22.2. The fourth-order valence-electron chi connectivity index (χ4n) is 3.72. The minimum absolute atomic E-state index is 0.223. The first kappa shape index (κ1) is 20.6. The molecule has 2 aromatic heterocycles. The lowest BCUT2D eigenvalue weighted by molar-refractivity contribution is 0.206. The minimum Gasteiger partial charge on any atom is -0.495 e. The van der Waals surface area contributed by atoms with Crippen molar-refractivity contribution in [3.63, 3.8) is 0 Å². The quantitative estimate of drug-likeness (QED) is 0.467. The number of halogens is 1. The molecule has 0 atom stereocenters. The lowest BCUT2D eigenvalue weighted by Gasteiger charge is -2.27. The molecule has 0 bridgehead atoms. The van der Waals surface area contributed by atoms with Crippen LogP contribution in [-0.2, 0) is 13.0 Å². The number of fused-ring (bicyclic) bond motifs is 3. The van der Waals surface area contributed by atoms with Crippen molar-refractivity contribution in [1.82, 2.24) is 19.5 Å². The number of thiazole rings is 1. The van der Waals surface area contributed by atoms with Gasteiger partial charge in [-0.25, -0.2) is 9.31 Å². The summed E-state index contributed by atoms with van der Waals surface area (Å²) >= 11 is 7.79. The van der Waals surface area contributed by atoms with Crippen LogP contribution in [-0.4, -0.2) is 46.3 Å². The van der Waals surface area contributed by atoms with E-state index in [1.807, 2.05) is 34.8 Å². The summed E-state index contributed by atoms with van der Waals surface area (Å²) in [7, 11) is 3.06. The number of nitrogens with zero attached hydrogens (tertiary/aromatic N) is 4. The Balaban J connectivity index is 1.35. The molecule has 1 aliphatic heterocycles. The molecule has 0 saturated carbocycles. The molecule has 0 unspecified atom stereocenters. The molecule has 0 radical (unpaired) electrons. The Morgan fingerprint density at radius 3 is 2.69 bits per heavy atom. The number of amides is 2. The molecule has 4 aromatic rings. The highest BCUT2D eigenvalue weighted by Gasteiger charge is 2.27. The summed E-state index contributed by atoms with van der Waals surface area (Å²) in [6.07, 6.45) is 0.695. The maximum atomic E-state index is 13.0. The summed E-state index contributed by atoms with van der Waals surface area (Å²) in [4.78, 5) is 21.3. The van der Waals surface area contributed by atoms with Gasteiger partial charge in [0.05, 0.1) is 37.2 Å². The molecule has 1 N–H and O–H groups in total. The van der Waals surface area contributed by atoms with Crippen LogP contribution >= 0.6 is 22.9 Å². The number of hydrogen-bond donors (Lipinski definition) is 1. The first-order chi connectivity index (χ1) is 15.6. The predicted molar refractivity (Wildman–Crippen MR) is 124 cm³/mol. The van der Waals surface area contributed by atoms with Crippen LogP contribution in [0.5, 0.6) is 11.5 Å². The van der Waals surface area contributed by atoms with Gasteiger partial charge in [-0.3, -0.25) is 0 Å². The number of ether oxygens (including phenoxy) is 2. The number of anilines is 1. The SMILES string of the molecule is COc1cc(OC)c(NC(=O)N2CCc3c(sc4nc(-c5ccccc5)nn34)C2)cc1Cl. The van der Waals surface area contributed by atoms with Gasteiger partial charge in [-0.2, -0.15) is 4.98 Å². The van der Waals surface area contributed by atoms with E-state index in [4.69, 9.17) is 26.2 Å². The van der Waals surface area contributed by atoms with Crippen LogP contribution in [0.15, 0.2) is 42.5 Å². The Morgan fingerprint density at radius 1 is 1.16 bits per heavy atom. The molecule has 2 amide bonds. The van der Waals surface area contributed by atoms with Crippen molar-refractivity contribution in [3.05, 3.63) is 58.1 Å². The van der Waals surface area contributed by atoms with Gasteiger partial charge in [0, 0.05) is 29.5 Å². The summed E-state index contributed by atoms with van der Waals surface area (Å²) < 4.78 is 12.5. The van der Waals surface area contributed by atoms with Gasteiger partial charge in [-0.05, 0) is 6.07 Å². The topological polar surface area (TPSA) is 81.0 Å². The molecule has 0 aliphatic carbocycles. The lowest BCUT2D eigenvalue weighted by Crippen LogP contribution is -2.38. The number of rotatable bonds is 4. The predicted octanol–water partition coefficient (Wildman–Crippen LogP) is 4.72. The molecule has 0 saturated heterocycles. The Labute approximate surface area is 193 Å². The molecule has 2 aromatic carbocycles. The van der Waals surface area contributed by atoms with Crippen molar-refractivity contribution in [1.29, 1.82) is 0 Å². The third kappa shape index (κ3) is 3.63. The van der Waals surface area contributed by atoms with E-state index in [9.17, 15) is 4.79 Å². The molecular formula is C22H20ClN5O3S. The molecule has 10 heteroatoms. The Kier molecular flexibility index (Phi) is 5.36. The summed E-state index contributed by atoms with van der Waals surface area (Å²) in [5.74, 6) is 1.67. The van der Waals surface area contributed by atoms with Gasteiger partial charge in [-0.15, -0.1) is 5.10 Å². The second kappa shape index (κ2) is 8.33. The third-order valence-electron chi connectivity index (χ3n) is 5.36. The van der Waals surface area contributed by atoms with Crippen LogP contribution in [0.25, 0.3) is 16.3 Å². The van der Waals surface area contributed by atoms with Gasteiger partial charge in [0.2, 0.25) is 4.96 Å². The number of hydrogen-bond acceptors (Lipinski definition) is 6. The van der Waals surface area contributed by atoms with Gasteiger partial charge >= 0.3 is 6.03 Å². The average molecular weight is 470 g/mol. The Morgan fingerprint density at radius 2 is 1.94 bits per heavy atom. The summed E-state index contributed by atoms with van der Waals surface area (Å²) in [5, 5.41) is 7.99. The van der Waals surface area contributed by atoms with E-state index in [2.05, 4.69) is 10.3 Å². The Hall–Kier alpha value is -3.30. The Bertz CT molecular complexity index is 1300. The number of carbonyl (C=O) groups excluding carboxylic acids is 1. The maximum Gasteiger partial charge on any atom is 0.322 e. The van der Waals surface area contributed by atoms with Crippen LogP contribution in [0.4, 0.5) is 10.5 Å². The van der Waals surface area contributed by atoms with Crippen molar-refractivity contribution in [2.24, 2.45) is 0 Å². The highest BCUT2D eigenvalue weighted by atomic mass is 35.5. The van der Waals surface area contributed by atoms with E-state index in [0.717, 1.165) is 21.1 Å². The molecule has 0 fully saturated rings. The van der Waals surface area contributed by atoms with Crippen molar-refractivity contribution in [2.45, 2.75) is 13.0 Å². The van der Waals surface area contributed by atoms with Crippen molar-refractivity contribution >= 4 is 39.6 Å². The number of benzene rings is 2. The second-order valence-electron chi connectivity index (χ2n) is 7.26. The van der Waals surface area contributed by atoms with Gasteiger partial charge in [0.25, 0.3) is 0 Å². The monoisotopic (exact) mass is 469 g/mol. The number of carbonyl (C=O) groups is 1. The fraction of sp³-hybridized carbons (Fsp3) is 0.227. The largest absolute Gasteiger partial charge is 0.495 e. The van der Waals surface area contributed by atoms with E-state index >= 15 is 0 Å². The maximum absolute atomic E-state index is 13.0. The van der Waals surface area contributed by atoms with Crippen molar-refractivity contribution in [3.8, 4) is 22.9 Å². The summed E-state index contributed by atoms with van der Waals surface area (Å²) in [5.41, 5.74) is 2.58. The number of nitrogens with one attached hydrogen (secondary N) is 1. The second-order valence-corrected chi connectivity index (χ2v) is 8.73. The third-order valence-corrected chi connectivity index (χ3v) is 6.71. The van der Waals surface area contributed by atoms with Crippen LogP contribution < -0.4 is 14.8 Å². The highest BCUT2D eigenvalue weighted by molar-refractivity contribution is 7.17. The van der Waals surface area contributed by atoms with Crippen molar-refractivity contribution < 1.29 is 14.3 Å². The molecular weight excluding hydrogens is 450 g/mol. The first-order valence-electron chi connectivity index (χ1n) is 9.97. The zero-order valence-electron chi connectivity index (χ0n) is 17.5. The van der Waals surface area contributed by atoms with E-state index in [1.165, 1.54) is 14.2 Å². The lowest BCUT2D eigenvalue weighted by atomic mass is 10.2. The molecule has 164 valence electrons. The minimum atomic E-state index is -0.223. The molecule has 1 aliphatic rings. The van der Waals surface area contributed by atoms with E-state index in [1.54, 1.807) is 28.4 Å². The van der Waals surface area contributed by atoms with Crippen LogP contribution in [0, 0.1) is 0 Å². The van der Waals surface area contributed by atoms with Gasteiger partial charge in [-0.1, -0.05) is 53.3 Å². The van der Waals surface area contributed by atoms with E-state index in [0.29, 0.717) is 47.5 Å². The molecule has 32 heavy (non-hydrogen) atoms. The van der Waals surface area contributed by atoms with Crippen LogP contribution in [0.1, 0.15) is 10.6 Å². The first-order valence-corrected chi connectivity index (χ1v) is 11.2. The van der Waals surface area contributed by atoms with Crippen LogP contribution in [0.3, 0.4) is 0 Å². The normalized spacial score (nSPS) is 13.2. The number of aromatic nitrogens is 3. The zero-order valence-corrected chi connectivity index (χ0v) is 19.0. The van der Waals surface area contributed by atoms with Gasteiger partial charge in [0.1, 0.15) is 11.5 Å². The van der Waals surface area contributed by atoms with E-state index in [-0.39, 0.29) is 6.03 Å². The van der Waals surface area contributed by atoms with Crippen molar-refractivity contribution in [2.75, 3.05) is 26.1 Å². The molecule has 8 nitrogen and oxygen atoms in total. The summed E-state index contributed by atoms with van der Waals surface area (Å²) in [6, 6.07) is 13.0. The molecule has 5 rings (SSSR count). The number of methoxy groups -OCH3 is 2. The highest BCUT2D eigenvalue weighted by Crippen LogP contribution is 2.36. The smallest absolute Gasteiger partial charge is 0.322 e. The fourth-order valence-corrected chi connectivity index (χ4v) is 5.08. The van der Waals surface area contributed by atoms with Crippen LogP contribution in [0.2, 0.25) is 5.02 Å². The standard InChI is InChI=1S/C22H20ClN5O3S/c1-30-17-11-18(31-2)15(10-14(17)23)24-21(29)27-9-8-16-19(12-27)32-22-25-20(26-28(16)22)13-6-4-3-5-7-13/h3-7,10-11H,8-9,12H2,1-2H3,(H,24,29). The van der Waals surface area contributed by atoms with Gasteiger partial charge in [0.15, 0.2) is 5.82 Å².